The summed E-state index contributed by atoms with van der Waals surface area (Å²) in [5.74, 6) is 0.284. The average Bonchev–Trinajstić information content (AvgIpc) is 2.70. The highest BCUT2D eigenvalue weighted by atomic mass is 32.1. The zero-order chi connectivity index (χ0) is 12.5. The Bertz CT molecular complexity index is 541. The van der Waals surface area contributed by atoms with Gasteiger partial charge in [-0.2, -0.15) is 0 Å². The largest absolute Gasteiger partial charge is 0.356 e. The molecule has 0 unspecified atom stereocenters. The number of carbonyl (C=O) groups is 1. The first-order valence-electron chi connectivity index (χ1n) is 6.16. The van der Waals surface area contributed by atoms with Crippen LogP contribution in [0.15, 0.2) is 24.3 Å². The Balaban J connectivity index is 1.69. The van der Waals surface area contributed by atoms with Gasteiger partial charge in [-0.05, 0) is 19.1 Å². The molecule has 0 spiro atoms. The van der Waals surface area contributed by atoms with Crippen LogP contribution in [0, 0.1) is 5.92 Å². The van der Waals surface area contributed by atoms with Gasteiger partial charge in [-0.15, -0.1) is 0 Å². The van der Waals surface area contributed by atoms with Gasteiger partial charge in [0.25, 0.3) is 0 Å². The highest BCUT2D eigenvalue weighted by molar-refractivity contribution is 7.22. The van der Waals surface area contributed by atoms with Crippen LogP contribution in [0.5, 0.6) is 0 Å². The minimum absolute atomic E-state index is 0.122. The Kier molecular flexibility index (Phi) is 2.91. The number of carbonyl (C=O) groups excluding carboxylic acids is 1. The van der Waals surface area contributed by atoms with Crippen LogP contribution in [-0.4, -0.2) is 30.5 Å². The van der Waals surface area contributed by atoms with Crippen LogP contribution in [0.2, 0.25) is 0 Å². The zero-order valence-electron chi connectivity index (χ0n) is 10.2. The molecule has 1 fully saturated rings. The van der Waals surface area contributed by atoms with Gasteiger partial charge in [0.2, 0.25) is 5.91 Å². The van der Waals surface area contributed by atoms with E-state index >= 15 is 0 Å². The van der Waals surface area contributed by atoms with Crippen molar-refractivity contribution in [2.75, 3.05) is 24.5 Å². The standard InChI is InChI=1S/C13H15N3OS/c1-2-14-12(17)9-7-16(8-9)13-15-10-5-3-4-6-11(10)18-13/h3-6,9H,2,7-8H2,1H3,(H,14,17). The third kappa shape index (κ3) is 1.95. The number of rotatable bonds is 3. The summed E-state index contributed by atoms with van der Waals surface area (Å²) in [6, 6.07) is 8.13. The van der Waals surface area contributed by atoms with Gasteiger partial charge in [-0.1, -0.05) is 23.5 Å². The lowest BCUT2D eigenvalue weighted by Crippen LogP contribution is -2.53. The lowest BCUT2D eigenvalue weighted by atomic mass is 10.0. The van der Waals surface area contributed by atoms with E-state index in [2.05, 4.69) is 21.3 Å². The topological polar surface area (TPSA) is 45.2 Å². The van der Waals surface area contributed by atoms with Crippen LogP contribution in [0.1, 0.15) is 6.92 Å². The maximum Gasteiger partial charge on any atom is 0.226 e. The number of anilines is 1. The maximum atomic E-state index is 11.6. The maximum absolute atomic E-state index is 11.6. The molecule has 0 atom stereocenters. The molecular formula is C13H15N3OS. The van der Waals surface area contributed by atoms with Gasteiger partial charge in [0.15, 0.2) is 5.13 Å². The lowest BCUT2D eigenvalue weighted by molar-refractivity contribution is -0.125. The van der Waals surface area contributed by atoms with Gasteiger partial charge in [-0.3, -0.25) is 4.79 Å². The average molecular weight is 261 g/mol. The van der Waals surface area contributed by atoms with E-state index in [1.165, 1.54) is 4.70 Å². The third-order valence-electron chi connectivity index (χ3n) is 3.16. The molecule has 18 heavy (non-hydrogen) atoms. The van der Waals surface area contributed by atoms with Crippen LogP contribution >= 0.6 is 11.3 Å². The number of hydrogen-bond donors (Lipinski definition) is 1. The summed E-state index contributed by atoms with van der Waals surface area (Å²) < 4.78 is 1.20. The fourth-order valence-electron chi connectivity index (χ4n) is 2.11. The first-order chi connectivity index (χ1) is 8.78. The van der Waals surface area contributed by atoms with Gasteiger partial charge in [0.1, 0.15) is 0 Å². The van der Waals surface area contributed by atoms with Crippen LogP contribution < -0.4 is 10.2 Å². The molecule has 5 heteroatoms. The molecule has 1 saturated heterocycles. The molecule has 1 aromatic carbocycles. The number of aromatic nitrogens is 1. The Hall–Kier alpha value is -1.62. The van der Waals surface area contributed by atoms with Gasteiger partial charge in [0.05, 0.1) is 16.1 Å². The number of nitrogens with one attached hydrogen (secondary N) is 1. The van der Waals surface area contributed by atoms with Crippen LogP contribution in [0.25, 0.3) is 10.2 Å². The number of amides is 1. The van der Waals surface area contributed by atoms with Crippen molar-refractivity contribution < 1.29 is 4.79 Å². The van der Waals surface area contributed by atoms with Crippen molar-refractivity contribution >= 4 is 32.6 Å². The third-order valence-corrected chi connectivity index (χ3v) is 4.25. The number of fused-ring (bicyclic) bond motifs is 1. The van der Waals surface area contributed by atoms with E-state index in [0.717, 1.165) is 23.7 Å². The van der Waals surface area contributed by atoms with E-state index in [1.54, 1.807) is 11.3 Å². The van der Waals surface area contributed by atoms with Gasteiger partial charge >= 0.3 is 0 Å². The molecule has 2 aromatic rings. The summed E-state index contributed by atoms with van der Waals surface area (Å²) in [6.07, 6.45) is 0. The first-order valence-corrected chi connectivity index (χ1v) is 6.98. The van der Waals surface area contributed by atoms with Crippen molar-refractivity contribution in [1.82, 2.24) is 10.3 Å². The predicted molar refractivity (Wildman–Crippen MR) is 74.0 cm³/mol. The molecule has 0 aliphatic carbocycles. The Labute approximate surface area is 110 Å². The summed E-state index contributed by atoms with van der Waals surface area (Å²) in [4.78, 5) is 18.4. The van der Waals surface area contributed by atoms with E-state index in [1.807, 2.05) is 25.1 Å². The highest BCUT2D eigenvalue weighted by Gasteiger charge is 2.33. The van der Waals surface area contributed by atoms with Crippen molar-refractivity contribution in [2.24, 2.45) is 5.92 Å². The van der Waals surface area contributed by atoms with Gasteiger partial charge in [-0.25, -0.2) is 4.98 Å². The van der Waals surface area contributed by atoms with Gasteiger partial charge in [0, 0.05) is 19.6 Å². The molecule has 1 aliphatic rings. The first kappa shape index (κ1) is 11.5. The zero-order valence-corrected chi connectivity index (χ0v) is 11.0. The molecule has 0 radical (unpaired) electrons. The van der Waals surface area contributed by atoms with Gasteiger partial charge < -0.3 is 10.2 Å². The SMILES string of the molecule is CCNC(=O)C1CN(c2nc3ccccc3s2)C1. The van der Waals surface area contributed by atoms with E-state index in [0.29, 0.717) is 6.54 Å². The second-order valence-corrected chi connectivity index (χ2v) is 5.47. The second kappa shape index (κ2) is 4.57. The van der Waals surface area contributed by atoms with Crippen LogP contribution in [-0.2, 0) is 4.79 Å². The summed E-state index contributed by atoms with van der Waals surface area (Å²) in [6.45, 7) is 4.22. The summed E-state index contributed by atoms with van der Waals surface area (Å²) in [7, 11) is 0. The van der Waals surface area contributed by atoms with Crippen molar-refractivity contribution in [1.29, 1.82) is 0 Å². The quantitative estimate of drug-likeness (QED) is 0.917. The Morgan fingerprint density at radius 1 is 1.50 bits per heavy atom. The van der Waals surface area contributed by atoms with Crippen molar-refractivity contribution in [3.05, 3.63) is 24.3 Å². The lowest BCUT2D eigenvalue weighted by Gasteiger charge is -2.37. The minimum Gasteiger partial charge on any atom is -0.356 e. The Morgan fingerprint density at radius 2 is 2.28 bits per heavy atom. The number of benzene rings is 1. The molecule has 4 nitrogen and oxygen atoms in total. The molecule has 3 rings (SSSR count). The highest BCUT2D eigenvalue weighted by Crippen LogP contribution is 2.32. The number of hydrogen-bond acceptors (Lipinski definition) is 4. The summed E-state index contributed by atoms with van der Waals surface area (Å²) >= 11 is 1.69. The van der Waals surface area contributed by atoms with E-state index < -0.39 is 0 Å². The molecule has 2 heterocycles. The molecular weight excluding hydrogens is 246 g/mol. The summed E-state index contributed by atoms with van der Waals surface area (Å²) in [5.41, 5.74) is 1.04. The molecule has 1 aliphatic heterocycles. The van der Waals surface area contributed by atoms with Crippen LogP contribution in [0.3, 0.4) is 0 Å². The summed E-state index contributed by atoms with van der Waals surface area (Å²) in [5, 5.41) is 3.89. The van der Waals surface area contributed by atoms with Crippen molar-refractivity contribution in [2.45, 2.75) is 6.92 Å². The smallest absolute Gasteiger partial charge is 0.226 e. The van der Waals surface area contributed by atoms with Crippen LogP contribution in [0.4, 0.5) is 5.13 Å². The molecule has 1 N–H and O–H groups in total. The predicted octanol–water partition coefficient (Wildman–Crippen LogP) is 1.87. The normalized spacial score (nSPS) is 15.7. The van der Waals surface area contributed by atoms with Crippen molar-refractivity contribution in [3.63, 3.8) is 0 Å². The molecule has 0 bridgehead atoms. The number of thiazole rings is 1. The molecule has 0 saturated carbocycles. The van der Waals surface area contributed by atoms with E-state index in [9.17, 15) is 4.79 Å². The van der Waals surface area contributed by atoms with Crippen molar-refractivity contribution in [3.8, 4) is 0 Å². The van der Waals surface area contributed by atoms with E-state index in [-0.39, 0.29) is 11.8 Å². The fraction of sp³-hybridized carbons (Fsp3) is 0.385. The molecule has 1 aromatic heterocycles. The second-order valence-electron chi connectivity index (χ2n) is 4.46. The monoisotopic (exact) mass is 261 g/mol. The van der Waals surface area contributed by atoms with E-state index in [4.69, 9.17) is 0 Å². The number of para-hydroxylation sites is 1. The minimum atomic E-state index is 0.122. The fourth-order valence-corrected chi connectivity index (χ4v) is 3.10. The number of nitrogens with zero attached hydrogens (tertiary/aromatic N) is 2. The molecule has 94 valence electrons. The molecule has 1 amide bonds. The Morgan fingerprint density at radius 3 is 3.00 bits per heavy atom.